The van der Waals surface area contributed by atoms with Crippen LogP contribution in [-0.2, 0) is 11.3 Å². The number of rotatable bonds is 6. The van der Waals surface area contributed by atoms with Crippen molar-refractivity contribution in [1.29, 1.82) is 0 Å². The van der Waals surface area contributed by atoms with Gasteiger partial charge in [0.25, 0.3) is 5.91 Å². The second kappa shape index (κ2) is 9.01. The average molecular weight is 393 g/mol. The lowest BCUT2D eigenvalue weighted by atomic mass is 10.1. The van der Waals surface area contributed by atoms with Crippen molar-refractivity contribution in [1.82, 2.24) is 19.7 Å². The maximum atomic E-state index is 12.4. The van der Waals surface area contributed by atoms with Crippen LogP contribution in [0.25, 0.3) is 11.4 Å². The molecule has 0 spiro atoms. The van der Waals surface area contributed by atoms with Crippen LogP contribution in [0.4, 0.5) is 5.13 Å². The van der Waals surface area contributed by atoms with Crippen LogP contribution < -0.4 is 10.6 Å². The Morgan fingerprint density at radius 3 is 2.61 bits per heavy atom. The standard InChI is InChI=1S/C20H19N5O2S/c1-13(2)10-17(26)22-11-14-5-7-15(8-6-14)19(27)24-20-23-18(25-28-20)16-4-3-9-21-12-16/h3-10,12H,11H2,1-2H3,(H,22,26)(H,23,24,25,27). The van der Waals surface area contributed by atoms with Gasteiger partial charge in [0.05, 0.1) is 0 Å². The molecule has 3 aromatic rings. The van der Waals surface area contributed by atoms with Crippen molar-refractivity contribution in [2.45, 2.75) is 20.4 Å². The molecule has 8 heteroatoms. The molecule has 0 aliphatic carbocycles. The molecular formula is C20H19N5O2S. The molecule has 0 unspecified atom stereocenters. The maximum Gasteiger partial charge on any atom is 0.257 e. The molecule has 3 rings (SSSR count). The Balaban J connectivity index is 1.58. The van der Waals surface area contributed by atoms with Crippen LogP contribution in [0.3, 0.4) is 0 Å². The molecule has 2 aromatic heterocycles. The summed E-state index contributed by atoms with van der Waals surface area (Å²) in [7, 11) is 0. The normalized spacial score (nSPS) is 10.2. The summed E-state index contributed by atoms with van der Waals surface area (Å²) in [6, 6.07) is 10.7. The summed E-state index contributed by atoms with van der Waals surface area (Å²) < 4.78 is 4.24. The number of pyridine rings is 1. The van der Waals surface area contributed by atoms with Gasteiger partial charge in [-0.05, 0) is 43.7 Å². The summed E-state index contributed by atoms with van der Waals surface area (Å²) in [5, 5.41) is 5.97. The van der Waals surface area contributed by atoms with Gasteiger partial charge in [0.15, 0.2) is 5.82 Å². The Bertz CT molecular complexity index is 993. The van der Waals surface area contributed by atoms with E-state index in [1.165, 1.54) is 0 Å². The zero-order valence-electron chi connectivity index (χ0n) is 15.5. The minimum atomic E-state index is -0.269. The lowest BCUT2D eigenvalue weighted by molar-refractivity contribution is -0.116. The van der Waals surface area contributed by atoms with Gasteiger partial charge in [0.2, 0.25) is 11.0 Å². The molecule has 2 amide bonds. The minimum absolute atomic E-state index is 0.137. The topological polar surface area (TPSA) is 96.9 Å². The van der Waals surface area contributed by atoms with E-state index in [0.717, 1.165) is 28.2 Å². The van der Waals surface area contributed by atoms with E-state index in [1.807, 2.05) is 19.9 Å². The summed E-state index contributed by atoms with van der Waals surface area (Å²) in [5.74, 6) is 0.118. The minimum Gasteiger partial charge on any atom is -0.348 e. The van der Waals surface area contributed by atoms with Crippen LogP contribution in [0.15, 0.2) is 60.4 Å². The molecule has 0 fully saturated rings. The van der Waals surface area contributed by atoms with Crippen molar-refractivity contribution in [2.24, 2.45) is 0 Å². The first-order valence-electron chi connectivity index (χ1n) is 8.58. The second-order valence-corrected chi connectivity index (χ2v) is 7.01. The van der Waals surface area contributed by atoms with Gasteiger partial charge in [-0.2, -0.15) is 9.36 Å². The fraction of sp³-hybridized carbons (Fsp3) is 0.150. The number of benzene rings is 1. The molecule has 0 atom stereocenters. The highest BCUT2D eigenvalue weighted by atomic mass is 32.1. The first kappa shape index (κ1) is 19.4. The van der Waals surface area contributed by atoms with Crippen LogP contribution in [0, 0.1) is 0 Å². The SMILES string of the molecule is CC(C)=CC(=O)NCc1ccc(C(=O)Nc2nc(-c3cccnc3)ns2)cc1. The summed E-state index contributed by atoms with van der Waals surface area (Å²) >= 11 is 1.11. The molecule has 0 aliphatic rings. The number of amides is 2. The lowest BCUT2D eigenvalue weighted by Gasteiger charge is -2.05. The Morgan fingerprint density at radius 2 is 1.93 bits per heavy atom. The van der Waals surface area contributed by atoms with Gasteiger partial charge in [0.1, 0.15) is 0 Å². The van der Waals surface area contributed by atoms with E-state index in [0.29, 0.717) is 23.1 Å². The van der Waals surface area contributed by atoms with Crippen molar-refractivity contribution < 1.29 is 9.59 Å². The van der Waals surface area contributed by atoms with Crippen molar-refractivity contribution in [3.63, 3.8) is 0 Å². The monoisotopic (exact) mass is 393 g/mol. The smallest absolute Gasteiger partial charge is 0.257 e. The van der Waals surface area contributed by atoms with E-state index >= 15 is 0 Å². The first-order chi connectivity index (χ1) is 13.5. The molecule has 0 saturated carbocycles. The lowest BCUT2D eigenvalue weighted by Crippen LogP contribution is -2.20. The number of allylic oxidation sites excluding steroid dienone is 1. The van der Waals surface area contributed by atoms with Crippen molar-refractivity contribution in [3.8, 4) is 11.4 Å². The number of hydrogen-bond donors (Lipinski definition) is 2. The number of aromatic nitrogens is 3. The molecule has 2 N–H and O–H groups in total. The molecule has 28 heavy (non-hydrogen) atoms. The van der Waals surface area contributed by atoms with E-state index in [9.17, 15) is 9.59 Å². The number of carbonyl (C=O) groups excluding carboxylic acids is 2. The molecule has 0 aliphatic heterocycles. The Kier molecular flexibility index (Phi) is 6.23. The van der Waals surface area contributed by atoms with E-state index in [2.05, 4.69) is 25.0 Å². The van der Waals surface area contributed by atoms with Crippen molar-refractivity contribution in [2.75, 3.05) is 5.32 Å². The van der Waals surface area contributed by atoms with Crippen LogP contribution in [-0.4, -0.2) is 26.2 Å². The predicted octanol–water partition coefficient (Wildman–Crippen LogP) is 3.43. The molecule has 0 bridgehead atoms. The molecular weight excluding hydrogens is 374 g/mol. The molecule has 142 valence electrons. The molecule has 0 radical (unpaired) electrons. The second-order valence-electron chi connectivity index (χ2n) is 6.26. The molecule has 2 heterocycles. The predicted molar refractivity (Wildman–Crippen MR) is 109 cm³/mol. The van der Waals surface area contributed by atoms with Gasteiger partial charge in [-0.1, -0.05) is 17.7 Å². The van der Waals surface area contributed by atoms with E-state index in [-0.39, 0.29) is 11.8 Å². The highest BCUT2D eigenvalue weighted by molar-refractivity contribution is 7.10. The Labute approximate surface area is 166 Å². The van der Waals surface area contributed by atoms with Crippen molar-refractivity contribution in [3.05, 3.63) is 71.6 Å². The van der Waals surface area contributed by atoms with E-state index < -0.39 is 0 Å². The van der Waals surface area contributed by atoms with Gasteiger partial charge >= 0.3 is 0 Å². The maximum absolute atomic E-state index is 12.4. The van der Waals surface area contributed by atoms with Gasteiger partial charge in [0, 0.05) is 47.7 Å². The Morgan fingerprint density at radius 1 is 1.14 bits per heavy atom. The van der Waals surface area contributed by atoms with Crippen LogP contribution >= 0.6 is 11.5 Å². The third-order valence-electron chi connectivity index (χ3n) is 3.67. The van der Waals surface area contributed by atoms with Gasteiger partial charge < -0.3 is 5.32 Å². The fourth-order valence-corrected chi connectivity index (χ4v) is 2.92. The zero-order valence-corrected chi connectivity index (χ0v) is 16.3. The van der Waals surface area contributed by atoms with Gasteiger partial charge in [-0.15, -0.1) is 0 Å². The van der Waals surface area contributed by atoms with Crippen molar-refractivity contribution >= 4 is 28.5 Å². The number of nitrogens with zero attached hydrogens (tertiary/aromatic N) is 3. The number of hydrogen-bond acceptors (Lipinski definition) is 6. The number of carbonyl (C=O) groups is 2. The molecule has 1 aromatic carbocycles. The first-order valence-corrected chi connectivity index (χ1v) is 9.36. The van der Waals surface area contributed by atoms with E-state index in [1.54, 1.807) is 48.8 Å². The van der Waals surface area contributed by atoms with E-state index in [4.69, 9.17) is 0 Å². The zero-order chi connectivity index (χ0) is 19.9. The average Bonchev–Trinajstić information content (AvgIpc) is 3.15. The quantitative estimate of drug-likeness (QED) is 0.626. The summed E-state index contributed by atoms with van der Waals surface area (Å²) in [6.07, 6.45) is 4.89. The summed E-state index contributed by atoms with van der Waals surface area (Å²) in [5.41, 5.74) is 3.13. The van der Waals surface area contributed by atoms with Crippen LogP contribution in [0.1, 0.15) is 29.8 Å². The number of anilines is 1. The molecule has 0 saturated heterocycles. The largest absolute Gasteiger partial charge is 0.348 e. The highest BCUT2D eigenvalue weighted by Crippen LogP contribution is 2.20. The fourth-order valence-electron chi connectivity index (χ4n) is 2.33. The highest BCUT2D eigenvalue weighted by Gasteiger charge is 2.11. The molecule has 7 nitrogen and oxygen atoms in total. The van der Waals surface area contributed by atoms with Gasteiger partial charge in [-0.25, -0.2) is 0 Å². The number of nitrogens with one attached hydrogen (secondary N) is 2. The third kappa shape index (κ3) is 5.31. The summed E-state index contributed by atoms with van der Waals surface area (Å²) in [6.45, 7) is 4.13. The van der Waals surface area contributed by atoms with Crippen LogP contribution in [0.2, 0.25) is 0 Å². The van der Waals surface area contributed by atoms with Gasteiger partial charge in [-0.3, -0.25) is 19.9 Å². The van der Waals surface area contributed by atoms with Crippen LogP contribution in [0.5, 0.6) is 0 Å². The third-order valence-corrected chi connectivity index (χ3v) is 4.30. The summed E-state index contributed by atoms with van der Waals surface area (Å²) in [4.78, 5) is 32.4. The Hall–Kier alpha value is -3.39.